The van der Waals surface area contributed by atoms with Gasteiger partial charge in [0.05, 0.1) is 25.5 Å². The van der Waals surface area contributed by atoms with Gasteiger partial charge in [0, 0.05) is 29.6 Å². The van der Waals surface area contributed by atoms with Crippen molar-refractivity contribution in [3.05, 3.63) is 70.0 Å². The van der Waals surface area contributed by atoms with Gasteiger partial charge in [0.15, 0.2) is 11.5 Å². The Morgan fingerprint density at radius 1 is 0.971 bits per heavy atom. The van der Waals surface area contributed by atoms with Crippen molar-refractivity contribution in [1.29, 1.82) is 0 Å². The van der Waals surface area contributed by atoms with E-state index >= 15 is 0 Å². The van der Waals surface area contributed by atoms with Crippen molar-refractivity contribution < 1.29 is 14.3 Å². The van der Waals surface area contributed by atoms with Crippen molar-refractivity contribution in [1.82, 2.24) is 15.1 Å². The number of carbonyl (C=O) groups is 1. The zero-order valence-corrected chi connectivity index (χ0v) is 21.7. The van der Waals surface area contributed by atoms with Crippen LogP contribution < -0.4 is 20.1 Å². The van der Waals surface area contributed by atoms with Crippen molar-refractivity contribution in [2.45, 2.75) is 48.1 Å². The Labute approximate surface area is 207 Å². The van der Waals surface area contributed by atoms with Crippen LogP contribution in [0, 0.1) is 27.7 Å². The molecular weight excluding hydrogens is 442 g/mol. The molecule has 186 valence electrons. The molecule has 3 rings (SSSR count). The first kappa shape index (κ1) is 25.8. The highest BCUT2D eigenvalue weighted by atomic mass is 16.5. The lowest BCUT2D eigenvalue weighted by Gasteiger charge is -2.15. The Bertz CT molecular complexity index is 1210. The van der Waals surface area contributed by atoms with Crippen molar-refractivity contribution in [2.75, 3.05) is 18.5 Å². The molecule has 1 heterocycles. The number of aryl methyl sites for hydroxylation is 4. The van der Waals surface area contributed by atoms with Crippen molar-refractivity contribution in [2.24, 2.45) is 12.0 Å². The summed E-state index contributed by atoms with van der Waals surface area (Å²) in [6.07, 6.45) is 0. The minimum Gasteiger partial charge on any atom is -0.490 e. The molecule has 0 fully saturated rings. The molecule has 8 nitrogen and oxygen atoms in total. The summed E-state index contributed by atoms with van der Waals surface area (Å²) in [5.74, 6) is 1.19. The molecule has 0 spiro atoms. The third-order valence-electron chi connectivity index (χ3n) is 5.58. The van der Waals surface area contributed by atoms with E-state index in [1.54, 1.807) is 18.2 Å². The Morgan fingerprint density at radius 2 is 1.63 bits per heavy atom. The maximum Gasteiger partial charge on any atom is 0.258 e. The van der Waals surface area contributed by atoms with Crippen LogP contribution in [0.4, 0.5) is 5.69 Å². The van der Waals surface area contributed by atoms with Crippen LogP contribution in [0.2, 0.25) is 0 Å². The molecule has 0 bridgehead atoms. The first-order valence-electron chi connectivity index (χ1n) is 11.8. The number of ether oxygens (including phenoxy) is 2. The summed E-state index contributed by atoms with van der Waals surface area (Å²) in [6.45, 7) is 13.2. The van der Waals surface area contributed by atoms with Gasteiger partial charge in [0.2, 0.25) is 5.96 Å². The number of nitrogens with zero attached hydrogens (tertiary/aromatic N) is 3. The van der Waals surface area contributed by atoms with E-state index in [2.05, 4.69) is 21.8 Å². The van der Waals surface area contributed by atoms with Gasteiger partial charge >= 0.3 is 0 Å². The second-order valence-electron chi connectivity index (χ2n) is 8.42. The summed E-state index contributed by atoms with van der Waals surface area (Å²) in [4.78, 5) is 17.9. The van der Waals surface area contributed by atoms with E-state index in [1.807, 2.05) is 65.4 Å². The number of rotatable bonds is 8. The summed E-state index contributed by atoms with van der Waals surface area (Å²) in [7, 11) is 1.91. The van der Waals surface area contributed by atoms with Crippen molar-refractivity contribution in [3.8, 4) is 11.5 Å². The van der Waals surface area contributed by atoms with Gasteiger partial charge in [-0.15, -0.1) is 0 Å². The molecule has 0 aliphatic carbocycles. The zero-order chi connectivity index (χ0) is 25.5. The topological polar surface area (TPSA) is 89.8 Å². The van der Waals surface area contributed by atoms with Crippen LogP contribution in [0.15, 0.2) is 41.4 Å². The summed E-state index contributed by atoms with van der Waals surface area (Å²) in [5, 5.41) is 10.7. The first-order valence-corrected chi connectivity index (χ1v) is 11.8. The van der Waals surface area contributed by atoms with Crippen LogP contribution in [0.1, 0.15) is 52.3 Å². The Hall–Kier alpha value is -3.81. The van der Waals surface area contributed by atoms with E-state index in [-0.39, 0.29) is 5.91 Å². The van der Waals surface area contributed by atoms with Crippen LogP contribution in [0.25, 0.3) is 0 Å². The highest BCUT2D eigenvalue weighted by Crippen LogP contribution is 2.28. The average molecular weight is 478 g/mol. The molecule has 2 aromatic carbocycles. The van der Waals surface area contributed by atoms with E-state index in [1.165, 1.54) is 0 Å². The molecule has 0 saturated heterocycles. The third-order valence-corrected chi connectivity index (χ3v) is 5.58. The smallest absolute Gasteiger partial charge is 0.258 e. The minimum atomic E-state index is -0.302. The lowest BCUT2D eigenvalue weighted by Crippen LogP contribution is -2.36. The molecule has 0 saturated carbocycles. The van der Waals surface area contributed by atoms with Gasteiger partial charge in [-0.2, -0.15) is 5.10 Å². The molecule has 8 heteroatoms. The van der Waals surface area contributed by atoms with Crippen molar-refractivity contribution in [3.63, 3.8) is 0 Å². The highest BCUT2D eigenvalue weighted by Gasteiger charge is 2.15. The molecule has 0 radical (unpaired) electrons. The largest absolute Gasteiger partial charge is 0.490 e. The number of nitrogens with one attached hydrogen (secondary N) is 2. The van der Waals surface area contributed by atoms with Crippen LogP contribution in [-0.4, -0.2) is 34.9 Å². The van der Waals surface area contributed by atoms with Crippen molar-refractivity contribution >= 4 is 17.6 Å². The highest BCUT2D eigenvalue weighted by molar-refractivity contribution is 6.10. The number of hydrogen-bond acceptors (Lipinski definition) is 5. The fourth-order valence-electron chi connectivity index (χ4n) is 3.87. The lowest BCUT2D eigenvalue weighted by molar-refractivity contribution is 0.0976. The van der Waals surface area contributed by atoms with Gasteiger partial charge in [-0.25, -0.2) is 4.99 Å². The van der Waals surface area contributed by atoms with Crippen LogP contribution in [0.3, 0.4) is 0 Å². The fourth-order valence-corrected chi connectivity index (χ4v) is 3.87. The van der Waals surface area contributed by atoms with E-state index in [0.29, 0.717) is 42.8 Å². The summed E-state index contributed by atoms with van der Waals surface area (Å²) < 4.78 is 13.1. The maximum atomic E-state index is 13.2. The average Bonchev–Trinajstić information content (AvgIpc) is 3.03. The molecule has 1 amide bonds. The normalized spacial score (nSPS) is 11.3. The summed E-state index contributed by atoms with van der Waals surface area (Å²) in [6, 6.07) is 11.3. The predicted octanol–water partition coefficient (Wildman–Crippen LogP) is 4.85. The van der Waals surface area contributed by atoms with E-state index in [9.17, 15) is 4.79 Å². The molecule has 35 heavy (non-hydrogen) atoms. The number of anilines is 1. The van der Waals surface area contributed by atoms with Gasteiger partial charge in [-0.3, -0.25) is 14.8 Å². The second kappa shape index (κ2) is 11.6. The molecule has 0 aliphatic rings. The van der Waals surface area contributed by atoms with Gasteiger partial charge < -0.3 is 14.8 Å². The second-order valence-corrected chi connectivity index (χ2v) is 8.42. The van der Waals surface area contributed by atoms with Crippen LogP contribution >= 0.6 is 0 Å². The number of aromatic nitrogens is 2. The van der Waals surface area contributed by atoms with Gasteiger partial charge in [0.25, 0.3) is 5.91 Å². The number of guanidine groups is 1. The minimum absolute atomic E-state index is 0.302. The standard InChI is InChI=1S/C27H35N5O3/c1-8-34-24-11-10-21(15-25(24)35-9-2)26(33)30-27(29-22-13-17(3)12-18(4)14-22)28-16-23-19(5)31-32(7)20(23)6/h10-15H,8-9,16H2,1-7H3,(H2,28,29,30,33). The zero-order valence-electron chi connectivity index (χ0n) is 21.7. The molecule has 3 aromatic rings. The Kier molecular flexibility index (Phi) is 8.52. The van der Waals surface area contributed by atoms with Gasteiger partial charge in [-0.05, 0) is 83.0 Å². The number of carbonyl (C=O) groups excluding carboxylic acids is 1. The quantitative estimate of drug-likeness (QED) is 0.358. The molecule has 2 N–H and O–H groups in total. The van der Waals surface area contributed by atoms with E-state index < -0.39 is 0 Å². The summed E-state index contributed by atoms with van der Waals surface area (Å²) in [5.41, 5.74) is 6.51. The monoisotopic (exact) mass is 477 g/mol. The van der Waals surface area contributed by atoms with E-state index in [0.717, 1.165) is 33.8 Å². The maximum absolute atomic E-state index is 13.2. The van der Waals surface area contributed by atoms with Crippen LogP contribution in [0.5, 0.6) is 11.5 Å². The summed E-state index contributed by atoms with van der Waals surface area (Å²) >= 11 is 0. The number of aliphatic imine (C=N–C) groups is 1. The lowest BCUT2D eigenvalue weighted by atomic mass is 10.1. The van der Waals surface area contributed by atoms with E-state index in [4.69, 9.17) is 14.5 Å². The molecule has 0 aliphatic heterocycles. The third kappa shape index (κ3) is 6.62. The molecule has 0 unspecified atom stereocenters. The van der Waals surface area contributed by atoms with Gasteiger partial charge in [0.1, 0.15) is 0 Å². The molecule has 1 aromatic heterocycles. The van der Waals surface area contributed by atoms with Crippen LogP contribution in [-0.2, 0) is 13.6 Å². The molecule has 0 atom stereocenters. The predicted molar refractivity (Wildman–Crippen MR) is 140 cm³/mol. The number of amides is 1. The molecular formula is C27H35N5O3. The Balaban J connectivity index is 1.90. The van der Waals surface area contributed by atoms with Gasteiger partial charge in [-0.1, -0.05) is 6.07 Å². The number of benzene rings is 2. The SMILES string of the molecule is CCOc1ccc(C(=O)NC(=NCc2c(C)nn(C)c2C)Nc2cc(C)cc(C)c2)cc1OCC. The number of hydrogen-bond donors (Lipinski definition) is 2. The Morgan fingerprint density at radius 3 is 2.23 bits per heavy atom. The first-order chi connectivity index (χ1) is 16.7. The fraction of sp³-hybridized carbons (Fsp3) is 0.370.